The highest BCUT2D eigenvalue weighted by atomic mass is 16.7. The molecular formula is C21H19NO7. The molecule has 0 aromatic heterocycles. The molecule has 0 saturated carbocycles. The lowest BCUT2D eigenvalue weighted by Gasteiger charge is -2.26. The Kier molecular flexibility index (Phi) is 5.51. The second kappa shape index (κ2) is 8.55. The van der Waals surface area contributed by atoms with Gasteiger partial charge in [0.05, 0.1) is 6.54 Å². The van der Waals surface area contributed by atoms with Gasteiger partial charge in [0.25, 0.3) is 5.91 Å². The van der Waals surface area contributed by atoms with Gasteiger partial charge < -0.3 is 29.0 Å². The van der Waals surface area contributed by atoms with Crippen LogP contribution in [0.5, 0.6) is 23.0 Å². The lowest BCUT2D eigenvalue weighted by molar-refractivity contribution is -0.143. The molecule has 1 N–H and O–H groups in total. The molecule has 8 heteroatoms. The molecule has 2 aromatic rings. The number of benzene rings is 2. The normalized spacial score (nSPS) is 16.5. The maximum absolute atomic E-state index is 11.9. The number of rotatable bonds is 6. The Labute approximate surface area is 167 Å². The predicted octanol–water partition coefficient (Wildman–Crippen LogP) is 1.93. The van der Waals surface area contributed by atoms with Crippen LogP contribution >= 0.6 is 0 Å². The standard InChI is InChI=1S/C21H19NO7/c23-20(22-10-15-11-25-16-3-1-2-4-18(16)29-15)12-26-21(24)8-6-14-5-7-17-19(9-14)28-13-27-17/h1-9,15H,10-13H2,(H,22,23)/b8-6+/t15-/m0/s1. The number of fused-ring (bicyclic) bond motifs is 2. The fraction of sp³-hybridized carbons (Fsp3) is 0.238. The molecule has 1 atom stereocenters. The van der Waals surface area contributed by atoms with Crippen LogP contribution in [-0.4, -0.2) is 44.5 Å². The topological polar surface area (TPSA) is 92.3 Å². The molecule has 2 aliphatic heterocycles. The van der Waals surface area contributed by atoms with Crippen molar-refractivity contribution in [3.8, 4) is 23.0 Å². The van der Waals surface area contributed by atoms with Crippen LogP contribution in [0.15, 0.2) is 48.5 Å². The zero-order valence-corrected chi connectivity index (χ0v) is 15.5. The third-order valence-corrected chi connectivity index (χ3v) is 4.25. The Morgan fingerprint density at radius 1 is 1.03 bits per heavy atom. The van der Waals surface area contributed by atoms with E-state index in [9.17, 15) is 9.59 Å². The third kappa shape index (κ3) is 4.78. The maximum atomic E-state index is 11.9. The summed E-state index contributed by atoms with van der Waals surface area (Å²) in [7, 11) is 0. The van der Waals surface area contributed by atoms with Crippen LogP contribution in [0.2, 0.25) is 0 Å². The van der Waals surface area contributed by atoms with E-state index in [0.29, 0.717) is 29.6 Å². The van der Waals surface area contributed by atoms with Crippen molar-refractivity contribution < 1.29 is 33.3 Å². The summed E-state index contributed by atoms with van der Waals surface area (Å²) in [5, 5.41) is 2.66. The van der Waals surface area contributed by atoms with E-state index in [0.717, 1.165) is 5.56 Å². The molecule has 8 nitrogen and oxygen atoms in total. The zero-order valence-electron chi connectivity index (χ0n) is 15.5. The van der Waals surface area contributed by atoms with E-state index in [1.807, 2.05) is 18.2 Å². The molecule has 0 unspecified atom stereocenters. The van der Waals surface area contributed by atoms with Crippen LogP contribution in [0.1, 0.15) is 5.56 Å². The molecule has 0 bridgehead atoms. The third-order valence-electron chi connectivity index (χ3n) is 4.25. The average molecular weight is 397 g/mol. The van der Waals surface area contributed by atoms with Gasteiger partial charge in [0.15, 0.2) is 29.6 Å². The minimum atomic E-state index is -0.621. The number of carbonyl (C=O) groups is 2. The molecule has 1 amide bonds. The van der Waals surface area contributed by atoms with Gasteiger partial charge in [0.2, 0.25) is 6.79 Å². The minimum Gasteiger partial charge on any atom is -0.486 e. The second-order valence-corrected chi connectivity index (χ2v) is 6.36. The number of amides is 1. The molecule has 0 spiro atoms. The molecule has 0 saturated heterocycles. The monoisotopic (exact) mass is 397 g/mol. The zero-order chi connectivity index (χ0) is 20.1. The van der Waals surface area contributed by atoms with Gasteiger partial charge in [-0.25, -0.2) is 4.79 Å². The summed E-state index contributed by atoms with van der Waals surface area (Å²) >= 11 is 0. The summed E-state index contributed by atoms with van der Waals surface area (Å²) in [6.07, 6.45) is 2.52. The molecule has 0 fully saturated rings. The van der Waals surface area contributed by atoms with Crippen LogP contribution < -0.4 is 24.3 Å². The first kappa shape index (κ1) is 18.7. The smallest absolute Gasteiger partial charge is 0.331 e. The van der Waals surface area contributed by atoms with Gasteiger partial charge in [-0.3, -0.25) is 4.79 Å². The molecular weight excluding hydrogens is 378 g/mol. The van der Waals surface area contributed by atoms with Crippen molar-refractivity contribution in [1.82, 2.24) is 5.32 Å². The highest BCUT2D eigenvalue weighted by molar-refractivity contribution is 5.89. The first-order chi connectivity index (χ1) is 14.2. The van der Waals surface area contributed by atoms with Crippen LogP contribution in [-0.2, 0) is 14.3 Å². The van der Waals surface area contributed by atoms with Crippen LogP contribution in [0, 0.1) is 0 Å². The summed E-state index contributed by atoms with van der Waals surface area (Å²) in [5.74, 6) is 1.56. The molecule has 29 heavy (non-hydrogen) atoms. The molecule has 2 aromatic carbocycles. The lowest BCUT2D eigenvalue weighted by atomic mass is 10.2. The van der Waals surface area contributed by atoms with E-state index in [1.165, 1.54) is 6.08 Å². The van der Waals surface area contributed by atoms with E-state index >= 15 is 0 Å². The van der Waals surface area contributed by atoms with E-state index in [-0.39, 0.29) is 26.0 Å². The SMILES string of the molecule is O=C(COC(=O)/C=C/c1ccc2c(c1)OCO2)NC[C@H]1COc2ccccc2O1. The summed E-state index contributed by atoms with van der Waals surface area (Å²) < 4.78 is 26.8. The molecule has 2 heterocycles. The highest BCUT2D eigenvalue weighted by Crippen LogP contribution is 2.33. The van der Waals surface area contributed by atoms with Crippen LogP contribution in [0.25, 0.3) is 6.08 Å². The van der Waals surface area contributed by atoms with E-state index in [4.69, 9.17) is 23.7 Å². The lowest BCUT2D eigenvalue weighted by Crippen LogP contribution is -2.42. The van der Waals surface area contributed by atoms with E-state index in [2.05, 4.69) is 5.32 Å². The Morgan fingerprint density at radius 3 is 2.72 bits per heavy atom. The van der Waals surface area contributed by atoms with Gasteiger partial charge in [-0.2, -0.15) is 0 Å². The van der Waals surface area contributed by atoms with Crippen LogP contribution in [0.3, 0.4) is 0 Å². The molecule has 0 aliphatic carbocycles. The Hall–Kier alpha value is -3.68. The number of ether oxygens (including phenoxy) is 5. The van der Waals surface area contributed by atoms with Gasteiger partial charge >= 0.3 is 5.97 Å². The van der Waals surface area contributed by atoms with Gasteiger partial charge in [-0.1, -0.05) is 18.2 Å². The number of hydrogen-bond acceptors (Lipinski definition) is 7. The van der Waals surface area contributed by atoms with Crippen molar-refractivity contribution >= 4 is 18.0 Å². The summed E-state index contributed by atoms with van der Waals surface area (Å²) in [5.41, 5.74) is 0.755. The van der Waals surface area contributed by atoms with Crippen molar-refractivity contribution in [1.29, 1.82) is 0 Å². The number of esters is 1. The summed E-state index contributed by atoms with van der Waals surface area (Å²) in [4.78, 5) is 23.7. The van der Waals surface area contributed by atoms with Gasteiger partial charge in [0, 0.05) is 6.08 Å². The van der Waals surface area contributed by atoms with E-state index < -0.39 is 11.9 Å². The number of hydrogen-bond donors (Lipinski definition) is 1. The number of para-hydroxylation sites is 2. The van der Waals surface area contributed by atoms with Gasteiger partial charge in [-0.15, -0.1) is 0 Å². The first-order valence-electron chi connectivity index (χ1n) is 9.07. The fourth-order valence-corrected chi connectivity index (χ4v) is 2.81. The van der Waals surface area contributed by atoms with E-state index in [1.54, 1.807) is 30.3 Å². The Bertz CT molecular complexity index is 940. The quantitative estimate of drug-likeness (QED) is 0.588. The summed E-state index contributed by atoms with van der Waals surface area (Å²) in [6.45, 7) is 0.381. The molecule has 2 aliphatic rings. The average Bonchev–Trinajstić information content (AvgIpc) is 3.22. The van der Waals surface area contributed by atoms with Crippen molar-refractivity contribution in [2.75, 3.05) is 26.6 Å². The van der Waals surface area contributed by atoms with Crippen molar-refractivity contribution in [3.63, 3.8) is 0 Å². The van der Waals surface area contributed by atoms with Crippen molar-refractivity contribution in [2.24, 2.45) is 0 Å². The second-order valence-electron chi connectivity index (χ2n) is 6.36. The van der Waals surface area contributed by atoms with Crippen molar-refractivity contribution in [3.05, 3.63) is 54.1 Å². The van der Waals surface area contributed by atoms with Crippen molar-refractivity contribution in [2.45, 2.75) is 6.10 Å². The molecule has 0 radical (unpaired) electrons. The van der Waals surface area contributed by atoms with Gasteiger partial charge in [-0.05, 0) is 35.9 Å². The first-order valence-corrected chi connectivity index (χ1v) is 9.07. The minimum absolute atomic E-state index is 0.185. The molecule has 150 valence electrons. The highest BCUT2D eigenvalue weighted by Gasteiger charge is 2.21. The Balaban J connectivity index is 1.18. The summed E-state index contributed by atoms with van der Waals surface area (Å²) in [6, 6.07) is 12.6. The molecule has 4 rings (SSSR count). The number of nitrogens with one attached hydrogen (secondary N) is 1. The number of carbonyl (C=O) groups excluding carboxylic acids is 2. The maximum Gasteiger partial charge on any atom is 0.331 e. The van der Waals surface area contributed by atoms with Crippen LogP contribution in [0.4, 0.5) is 0 Å². The Morgan fingerprint density at radius 2 is 1.83 bits per heavy atom. The fourth-order valence-electron chi connectivity index (χ4n) is 2.81. The largest absolute Gasteiger partial charge is 0.486 e. The van der Waals surface area contributed by atoms with Gasteiger partial charge in [0.1, 0.15) is 12.7 Å². The predicted molar refractivity (Wildman–Crippen MR) is 102 cm³/mol.